The van der Waals surface area contributed by atoms with Crippen LogP contribution in [0.3, 0.4) is 0 Å². The number of anilines is 1. The van der Waals surface area contributed by atoms with Crippen molar-refractivity contribution in [1.29, 1.82) is 0 Å². The minimum atomic E-state index is -0.854. The molecule has 25 heavy (non-hydrogen) atoms. The summed E-state index contributed by atoms with van der Waals surface area (Å²) in [6.07, 6.45) is 0. The maximum absolute atomic E-state index is 12.3. The van der Waals surface area contributed by atoms with Crippen molar-refractivity contribution < 1.29 is 14.5 Å². The summed E-state index contributed by atoms with van der Waals surface area (Å²) in [7, 11) is 0. The van der Waals surface area contributed by atoms with Crippen molar-refractivity contribution in [1.82, 2.24) is 10.4 Å². The lowest BCUT2D eigenvalue weighted by Crippen LogP contribution is -2.63. The van der Waals surface area contributed by atoms with Gasteiger partial charge in [-0.1, -0.05) is 0 Å². The quantitative estimate of drug-likeness (QED) is 0.284. The van der Waals surface area contributed by atoms with E-state index in [9.17, 15) is 19.7 Å². The average molecular weight is 361 g/mol. The Morgan fingerprint density at radius 1 is 1.16 bits per heavy atom. The third-order valence-corrected chi connectivity index (χ3v) is 4.29. The summed E-state index contributed by atoms with van der Waals surface area (Å²) in [5.41, 5.74) is 9.44. The molecule has 2 aromatic rings. The molecular formula is C16H13ClN4O4. The van der Waals surface area contributed by atoms with Crippen molar-refractivity contribution in [2.75, 3.05) is 5.73 Å². The second kappa shape index (κ2) is 6.40. The first-order valence-electron chi connectivity index (χ1n) is 7.26. The van der Waals surface area contributed by atoms with Gasteiger partial charge >= 0.3 is 0 Å². The molecule has 0 bridgehead atoms. The molecule has 3 N–H and O–H groups in total. The Hall–Kier alpha value is -3.13. The number of β-lactam (4-membered cyclic amide) rings is 1. The number of amides is 2. The van der Waals surface area contributed by atoms with Crippen LogP contribution in [-0.4, -0.2) is 27.1 Å². The number of carbonyl (C=O) groups excluding carboxylic acids is 2. The molecule has 1 fully saturated rings. The molecule has 1 aliphatic rings. The summed E-state index contributed by atoms with van der Waals surface area (Å²) >= 11 is 6.05. The number of hydrazine groups is 1. The van der Waals surface area contributed by atoms with E-state index in [1.807, 2.05) is 0 Å². The minimum absolute atomic E-state index is 0.0713. The first kappa shape index (κ1) is 16.7. The number of nitrogens with one attached hydrogen (secondary N) is 1. The Bertz CT molecular complexity index is 838. The van der Waals surface area contributed by atoms with E-state index in [1.54, 1.807) is 12.1 Å². The van der Waals surface area contributed by atoms with Gasteiger partial charge in [0.25, 0.3) is 17.5 Å². The summed E-state index contributed by atoms with van der Waals surface area (Å²) in [5, 5.41) is 11.0. The Morgan fingerprint density at radius 3 is 2.32 bits per heavy atom. The van der Waals surface area contributed by atoms with E-state index in [1.165, 1.54) is 36.4 Å². The van der Waals surface area contributed by atoms with Crippen LogP contribution in [0.25, 0.3) is 0 Å². The van der Waals surface area contributed by atoms with Gasteiger partial charge in [-0.05, 0) is 42.0 Å². The van der Waals surface area contributed by atoms with Crippen molar-refractivity contribution in [3.63, 3.8) is 0 Å². The molecule has 1 aliphatic heterocycles. The molecule has 0 spiro atoms. The predicted octanol–water partition coefficient (Wildman–Crippen LogP) is 2.01. The number of benzene rings is 2. The highest BCUT2D eigenvalue weighted by Crippen LogP contribution is 2.37. The summed E-state index contributed by atoms with van der Waals surface area (Å²) in [6.45, 7) is 0. The van der Waals surface area contributed by atoms with Crippen LogP contribution in [0.4, 0.5) is 11.4 Å². The number of nitro groups is 1. The number of nitrogens with zero attached hydrogens (tertiary/aromatic N) is 2. The Balaban J connectivity index is 1.78. The number of alkyl halides is 1. The highest BCUT2D eigenvalue weighted by Gasteiger charge is 2.48. The number of carbonyl (C=O) groups is 2. The molecule has 1 heterocycles. The maximum atomic E-state index is 12.3. The number of nitrogens with two attached hydrogens (primary N) is 1. The number of rotatable bonds is 4. The third kappa shape index (κ3) is 3.11. The molecule has 2 amide bonds. The van der Waals surface area contributed by atoms with Gasteiger partial charge in [0.05, 0.1) is 4.92 Å². The van der Waals surface area contributed by atoms with E-state index in [0.717, 1.165) is 5.01 Å². The van der Waals surface area contributed by atoms with E-state index >= 15 is 0 Å². The van der Waals surface area contributed by atoms with Gasteiger partial charge in [-0.25, -0.2) is 5.01 Å². The Morgan fingerprint density at radius 2 is 1.76 bits per heavy atom. The SMILES string of the molecule is Nc1ccc(C(=O)NN2C(=O)[C@H](Cl)[C@H]2c2ccc([N+](=O)[O-])cc2)cc1. The lowest BCUT2D eigenvalue weighted by molar-refractivity contribution is -0.384. The molecule has 1 saturated heterocycles. The van der Waals surface area contributed by atoms with E-state index in [2.05, 4.69) is 5.43 Å². The van der Waals surface area contributed by atoms with Crippen molar-refractivity contribution >= 4 is 34.8 Å². The molecule has 128 valence electrons. The van der Waals surface area contributed by atoms with Crippen LogP contribution in [-0.2, 0) is 4.79 Å². The van der Waals surface area contributed by atoms with Crippen molar-refractivity contribution in [2.45, 2.75) is 11.4 Å². The summed E-state index contributed by atoms with van der Waals surface area (Å²) < 4.78 is 0. The zero-order chi connectivity index (χ0) is 18.1. The number of halogens is 1. The highest BCUT2D eigenvalue weighted by molar-refractivity contribution is 6.33. The second-order valence-corrected chi connectivity index (χ2v) is 5.94. The molecule has 9 heteroatoms. The fourth-order valence-corrected chi connectivity index (χ4v) is 2.86. The van der Waals surface area contributed by atoms with Crippen molar-refractivity contribution in [3.05, 3.63) is 69.8 Å². The normalized spacial score (nSPS) is 19.2. The zero-order valence-corrected chi connectivity index (χ0v) is 13.5. The number of nitrogen functional groups attached to an aromatic ring is 1. The molecule has 0 unspecified atom stereocenters. The highest BCUT2D eigenvalue weighted by atomic mass is 35.5. The largest absolute Gasteiger partial charge is 0.399 e. The fraction of sp³-hybridized carbons (Fsp3) is 0.125. The van der Waals surface area contributed by atoms with Gasteiger partial charge in [-0.3, -0.25) is 25.1 Å². The van der Waals surface area contributed by atoms with Gasteiger partial charge < -0.3 is 5.73 Å². The third-order valence-electron chi connectivity index (χ3n) is 3.87. The smallest absolute Gasteiger partial charge is 0.269 e. The lowest BCUT2D eigenvalue weighted by Gasteiger charge is -2.43. The van der Waals surface area contributed by atoms with E-state index < -0.39 is 28.2 Å². The van der Waals surface area contributed by atoms with Gasteiger partial charge in [0, 0.05) is 23.4 Å². The van der Waals surface area contributed by atoms with Crippen LogP contribution >= 0.6 is 11.6 Å². The molecule has 8 nitrogen and oxygen atoms in total. The molecule has 2 aromatic carbocycles. The Kier molecular flexibility index (Phi) is 4.28. The van der Waals surface area contributed by atoms with Crippen LogP contribution < -0.4 is 11.2 Å². The summed E-state index contributed by atoms with van der Waals surface area (Å²) in [6, 6.07) is 11.3. The second-order valence-electron chi connectivity index (χ2n) is 5.47. The number of hydrogen-bond acceptors (Lipinski definition) is 5. The average Bonchev–Trinajstić information content (AvgIpc) is 2.61. The van der Waals surface area contributed by atoms with Crippen LogP contribution in [0.15, 0.2) is 48.5 Å². The molecule has 0 radical (unpaired) electrons. The molecule has 0 aromatic heterocycles. The minimum Gasteiger partial charge on any atom is -0.399 e. The van der Waals surface area contributed by atoms with Gasteiger partial charge in [0.1, 0.15) is 11.4 Å². The number of non-ortho nitro benzene ring substituents is 1. The van der Waals surface area contributed by atoms with Gasteiger partial charge in [-0.15, -0.1) is 11.6 Å². The van der Waals surface area contributed by atoms with Gasteiger partial charge in [0.15, 0.2) is 0 Å². The monoisotopic (exact) mass is 360 g/mol. The Labute approximate surface area is 147 Å². The summed E-state index contributed by atoms with van der Waals surface area (Å²) in [5.74, 6) is -0.933. The van der Waals surface area contributed by atoms with Crippen LogP contribution in [0.2, 0.25) is 0 Å². The zero-order valence-electron chi connectivity index (χ0n) is 12.8. The van der Waals surface area contributed by atoms with Crippen molar-refractivity contribution in [2.24, 2.45) is 0 Å². The predicted molar refractivity (Wildman–Crippen MR) is 90.6 cm³/mol. The first-order valence-corrected chi connectivity index (χ1v) is 7.70. The van der Waals surface area contributed by atoms with Crippen molar-refractivity contribution in [3.8, 4) is 0 Å². The van der Waals surface area contributed by atoms with Gasteiger partial charge in [-0.2, -0.15) is 0 Å². The lowest BCUT2D eigenvalue weighted by atomic mass is 9.95. The summed E-state index contributed by atoms with van der Waals surface area (Å²) in [4.78, 5) is 34.4. The molecule has 2 atom stereocenters. The standard InChI is InChI=1S/C16H13ClN4O4/c17-13-14(9-3-7-12(8-4-9)21(24)25)20(16(13)23)19-15(22)10-1-5-11(18)6-2-10/h1-8,13-14H,18H2,(H,19,22)/t13-,14-/m1/s1. The van der Waals surface area contributed by atoms with Crippen LogP contribution in [0.5, 0.6) is 0 Å². The maximum Gasteiger partial charge on any atom is 0.269 e. The fourth-order valence-electron chi connectivity index (χ4n) is 2.50. The van der Waals surface area contributed by atoms with E-state index in [0.29, 0.717) is 16.8 Å². The van der Waals surface area contributed by atoms with E-state index in [4.69, 9.17) is 17.3 Å². The molecular weight excluding hydrogens is 348 g/mol. The van der Waals surface area contributed by atoms with Crippen LogP contribution in [0, 0.1) is 10.1 Å². The topological polar surface area (TPSA) is 119 Å². The first-order chi connectivity index (χ1) is 11.9. The molecule has 0 saturated carbocycles. The van der Waals surface area contributed by atoms with Crippen LogP contribution in [0.1, 0.15) is 22.0 Å². The molecule has 0 aliphatic carbocycles. The number of nitro benzene ring substituents is 1. The molecule has 3 rings (SSSR count). The number of hydrogen-bond donors (Lipinski definition) is 2. The van der Waals surface area contributed by atoms with Gasteiger partial charge in [0.2, 0.25) is 0 Å². The van der Waals surface area contributed by atoms with E-state index in [-0.39, 0.29) is 5.69 Å².